The Morgan fingerprint density at radius 3 is 2.62 bits per heavy atom. The molecule has 2 rings (SSSR count). The normalized spacial score (nSPS) is 9.95. The summed E-state index contributed by atoms with van der Waals surface area (Å²) in [5.41, 5.74) is 0.698. The number of ether oxygens (including phenoxy) is 1. The third-order valence-electron chi connectivity index (χ3n) is 2.85. The first-order valence-corrected chi connectivity index (χ1v) is 6.01. The topological polar surface area (TPSA) is 95.9 Å². The number of methoxy groups -OCH3 is 1. The van der Waals surface area contributed by atoms with Crippen LogP contribution in [0.4, 0.5) is 5.69 Å². The van der Waals surface area contributed by atoms with Gasteiger partial charge in [-0.25, -0.2) is 0 Å². The van der Waals surface area contributed by atoms with E-state index in [1.54, 1.807) is 0 Å². The van der Waals surface area contributed by atoms with Gasteiger partial charge in [-0.3, -0.25) is 9.59 Å². The van der Waals surface area contributed by atoms with Crippen molar-refractivity contribution in [3.8, 4) is 17.2 Å². The van der Waals surface area contributed by atoms with Crippen LogP contribution in [0.1, 0.15) is 20.7 Å². The number of rotatable bonds is 4. The Morgan fingerprint density at radius 2 is 1.95 bits per heavy atom. The van der Waals surface area contributed by atoms with Gasteiger partial charge < -0.3 is 20.3 Å². The Hall–Kier alpha value is -3.02. The fraction of sp³-hybridized carbons (Fsp3) is 0.0667. The lowest BCUT2D eigenvalue weighted by molar-refractivity contribution is 0.102. The highest BCUT2D eigenvalue weighted by Gasteiger charge is 2.12. The molecule has 1 amide bonds. The van der Waals surface area contributed by atoms with Crippen LogP contribution in [0, 0.1) is 0 Å². The highest BCUT2D eigenvalue weighted by atomic mass is 16.5. The molecule has 0 heterocycles. The largest absolute Gasteiger partial charge is 0.508 e. The molecule has 0 atom stereocenters. The predicted molar refractivity (Wildman–Crippen MR) is 76.1 cm³/mol. The van der Waals surface area contributed by atoms with E-state index in [1.165, 1.54) is 43.5 Å². The van der Waals surface area contributed by atoms with Gasteiger partial charge in [-0.1, -0.05) is 0 Å². The van der Waals surface area contributed by atoms with Crippen molar-refractivity contribution in [2.24, 2.45) is 0 Å². The molecule has 0 fully saturated rings. The Morgan fingerprint density at radius 1 is 1.19 bits per heavy atom. The molecule has 0 saturated heterocycles. The van der Waals surface area contributed by atoms with Crippen LogP contribution in [0.5, 0.6) is 17.2 Å². The van der Waals surface area contributed by atoms with Crippen LogP contribution in [0.15, 0.2) is 36.4 Å². The van der Waals surface area contributed by atoms with Crippen LogP contribution >= 0.6 is 0 Å². The lowest BCUT2D eigenvalue weighted by Gasteiger charge is -2.09. The van der Waals surface area contributed by atoms with Crippen LogP contribution < -0.4 is 10.1 Å². The summed E-state index contributed by atoms with van der Waals surface area (Å²) in [6, 6.07) is 8.18. The molecular formula is C15H13NO5. The highest BCUT2D eigenvalue weighted by molar-refractivity contribution is 6.06. The molecule has 0 aliphatic rings. The van der Waals surface area contributed by atoms with Crippen LogP contribution in [0.25, 0.3) is 0 Å². The monoisotopic (exact) mass is 287 g/mol. The van der Waals surface area contributed by atoms with Gasteiger partial charge in [0.05, 0.1) is 12.8 Å². The summed E-state index contributed by atoms with van der Waals surface area (Å²) in [7, 11) is 1.38. The SMILES string of the molecule is COc1cc(C(=O)Nc2ccc(O)cc2C=O)ccc1O. The fourth-order valence-electron chi connectivity index (χ4n) is 1.77. The summed E-state index contributed by atoms with van der Waals surface area (Å²) in [5.74, 6) is -0.445. The van der Waals surface area contributed by atoms with Crippen molar-refractivity contribution < 1.29 is 24.5 Å². The first-order chi connectivity index (χ1) is 10.0. The van der Waals surface area contributed by atoms with Crippen molar-refractivity contribution in [1.29, 1.82) is 0 Å². The van der Waals surface area contributed by atoms with Crippen molar-refractivity contribution in [2.75, 3.05) is 12.4 Å². The second-order valence-corrected chi connectivity index (χ2v) is 4.23. The molecule has 2 aromatic carbocycles. The summed E-state index contributed by atoms with van der Waals surface area (Å²) in [5, 5.41) is 21.3. The summed E-state index contributed by atoms with van der Waals surface area (Å²) in [6.07, 6.45) is 0.534. The number of amides is 1. The molecule has 0 aliphatic carbocycles. The second-order valence-electron chi connectivity index (χ2n) is 4.23. The van der Waals surface area contributed by atoms with Crippen molar-refractivity contribution in [1.82, 2.24) is 0 Å². The van der Waals surface area contributed by atoms with E-state index in [0.717, 1.165) is 0 Å². The molecule has 6 heteroatoms. The summed E-state index contributed by atoms with van der Waals surface area (Å²) < 4.78 is 4.93. The van der Waals surface area contributed by atoms with E-state index in [1.807, 2.05) is 0 Å². The van der Waals surface area contributed by atoms with E-state index in [0.29, 0.717) is 6.29 Å². The minimum atomic E-state index is -0.470. The van der Waals surface area contributed by atoms with E-state index in [-0.39, 0.29) is 34.1 Å². The van der Waals surface area contributed by atoms with Crippen LogP contribution in [-0.2, 0) is 0 Å². The number of phenolic OH excluding ortho intramolecular Hbond substituents is 2. The van der Waals surface area contributed by atoms with Crippen molar-refractivity contribution in [2.45, 2.75) is 0 Å². The highest BCUT2D eigenvalue weighted by Crippen LogP contribution is 2.27. The molecule has 6 nitrogen and oxygen atoms in total. The predicted octanol–water partition coefficient (Wildman–Crippen LogP) is 2.17. The zero-order valence-corrected chi connectivity index (χ0v) is 11.2. The summed E-state index contributed by atoms with van der Waals surface area (Å²) in [6.45, 7) is 0. The molecule has 108 valence electrons. The smallest absolute Gasteiger partial charge is 0.255 e. The summed E-state index contributed by atoms with van der Waals surface area (Å²) in [4.78, 5) is 23.0. The number of hydrogen-bond acceptors (Lipinski definition) is 5. The van der Waals surface area contributed by atoms with Crippen molar-refractivity contribution >= 4 is 17.9 Å². The van der Waals surface area contributed by atoms with Crippen LogP contribution in [0.2, 0.25) is 0 Å². The number of nitrogens with one attached hydrogen (secondary N) is 1. The molecule has 0 aliphatic heterocycles. The molecule has 0 unspecified atom stereocenters. The quantitative estimate of drug-likeness (QED) is 0.591. The molecule has 0 saturated carbocycles. The maximum absolute atomic E-state index is 12.1. The molecule has 0 aromatic heterocycles. The number of anilines is 1. The van der Waals surface area contributed by atoms with Crippen LogP contribution in [-0.4, -0.2) is 29.5 Å². The number of carbonyl (C=O) groups excluding carboxylic acids is 2. The number of carbonyl (C=O) groups is 2. The van der Waals surface area contributed by atoms with Crippen molar-refractivity contribution in [3.63, 3.8) is 0 Å². The third-order valence-corrected chi connectivity index (χ3v) is 2.85. The third kappa shape index (κ3) is 3.11. The Balaban J connectivity index is 2.28. The zero-order valence-electron chi connectivity index (χ0n) is 11.2. The number of phenols is 2. The average molecular weight is 287 g/mol. The van der Waals surface area contributed by atoms with Gasteiger partial charge in [0.25, 0.3) is 5.91 Å². The molecule has 0 radical (unpaired) electrons. The molecule has 21 heavy (non-hydrogen) atoms. The number of benzene rings is 2. The number of hydrogen-bond donors (Lipinski definition) is 3. The van der Waals surface area contributed by atoms with Gasteiger partial charge >= 0.3 is 0 Å². The lowest BCUT2D eigenvalue weighted by atomic mass is 10.1. The maximum atomic E-state index is 12.1. The van der Waals surface area contributed by atoms with Gasteiger partial charge in [-0.15, -0.1) is 0 Å². The summed E-state index contributed by atoms with van der Waals surface area (Å²) >= 11 is 0. The van der Waals surface area contributed by atoms with Crippen molar-refractivity contribution in [3.05, 3.63) is 47.5 Å². The minimum Gasteiger partial charge on any atom is -0.508 e. The van der Waals surface area contributed by atoms with Gasteiger partial charge in [0.1, 0.15) is 5.75 Å². The van der Waals surface area contributed by atoms with Crippen LogP contribution in [0.3, 0.4) is 0 Å². The first kappa shape index (κ1) is 14.4. The number of aldehydes is 1. The zero-order chi connectivity index (χ0) is 15.4. The molecule has 0 bridgehead atoms. The van der Waals surface area contributed by atoms with Gasteiger partial charge in [-0.2, -0.15) is 0 Å². The second kappa shape index (κ2) is 5.96. The Kier molecular flexibility index (Phi) is 4.08. The molecule has 2 aromatic rings. The molecule has 0 spiro atoms. The average Bonchev–Trinajstić information content (AvgIpc) is 2.49. The van der Waals surface area contributed by atoms with E-state index in [4.69, 9.17) is 4.74 Å². The standard InChI is InChI=1S/C15H13NO5/c1-21-14-7-9(2-5-13(14)19)15(20)16-12-4-3-11(18)6-10(12)8-17/h2-8,18-19H,1H3,(H,16,20). The van der Waals surface area contributed by atoms with Gasteiger partial charge in [-0.05, 0) is 36.4 Å². The van der Waals surface area contributed by atoms with E-state index in [9.17, 15) is 19.8 Å². The Bertz CT molecular complexity index is 696. The lowest BCUT2D eigenvalue weighted by Crippen LogP contribution is -2.13. The Labute approximate surface area is 120 Å². The van der Waals surface area contributed by atoms with E-state index >= 15 is 0 Å². The van der Waals surface area contributed by atoms with Gasteiger partial charge in [0.2, 0.25) is 0 Å². The number of aromatic hydroxyl groups is 2. The van der Waals surface area contributed by atoms with E-state index in [2.05, 4.69) is 5.32 Å². The van der Waals surface area contributed by atoms with Gasteiger partial charge in [0, 0.05) is 11.1 Å². The fourth-order valence-corrected chi connectivity index (χ4v) is 1.77. The molecular weight excluding hydrogens is 274 g/mol. The maximum Gasteiger partial charge on any atom is 0.255 e. The minimum absolute atomic E-state index is 0.0681. The molecule has 3 N–H and O–H groups in total. The van der Waals surface area contributed by atoms with E-state index < -0.39 is 5.91 Å². The first-order valence-electron chi connectivity index (χ1n) is 6.01. The van der Waals surface area contributed by atoms with Gasteiger partial charge in [0.15, 0.2) is 17.8 Å².